The van der Waals surface area contributed by atoms with Gasteiger partial charge in [0.15, 0.2) is 0 Å². The van der Waals surface area contributed by atoms with Crippen LogP contribution in [0.15, 0.2) is 23.1 Å². The van der Waals surface area contributed by atoms with Crippen molar-refractivity contribution in [2.75, 3.05) is 18.0 Å². The Labute approximate surface area is 120 Å². The van der Waals surface area contributed by atoms with E-state index in [1.54, 1.807) is 18.2 Å². The van der Waals surface area contributed by atoms with Crippen LogP contribution in [0.25, 0.3) is 0 Å². The Kier molecular flexibility index (Phi) is 6.52. The van der Waals surface area contributed by atoms with E-state index >= 15 is 0 Å². The Balaban J connectivity index is 2.26. The van der Waals surface area contributed by atoms with Crippen molar-refractivity contribution in [2.24, 2.45) is 0 Å². The average molecular weight is 303 g/mol. The molecule has 7 heteroatoms. The molecule has 1 amide bonds. The molecule has 0 radical (unpaired) electrons. The van der Waals surface area contributed by atoms with Gasteiger partial charge in [-0.2, -0.15) is 0 Å². The van der Waals surface area contributed by atoms with Crippen LogP contribution in [-0.4, -0.2) is 29.3 Å². The van der Waals surface area contributed by atoms with Crippen LogP contribution in [0.3, 0.4) is 0 Å². The second kappa shape index (κ2) is 7.91. The Hall–Kier alpha value is -1.40. The van der Waals surface area contributed by atoms with E-state index in [9.17, 15) is 9.59 Å². The Morgan fingerprint density at radius 2 is 2.16 bits per heavy atom. The second-order valence-corrected chi connectivity index (χ2v) is 5.28. The number of hydrogen-bond acceptors (Lipinski definition) is 4. The zero-order valence-electron chi connectivity index (χ0n) is 10.2. The Morgan fingerprint density at radius 1 is 1.42 bits per heavy atom. The first-order chi connectivity index (χ1) is 8.99. The van der Waals surface area contributed by atoms with Crippen molar-refractivity contribution in [1.29, 1.82) is 0 Å². The van der Waals surface area contributed by atoms with Crippen LogP contribution in [0.5, 0.6) is 0 Å². The summed E-state index contributed by atoms with van der Waals surface area (Å²) in [5, 5.41) is 11.6. The van der Waals surface area contributed by atoms with Crippen LogP contribution in [-0.2, 0) is 9.59 Å². The number of carboxylic acid groups (broad SMARTS) is 1. The molecule has 0 unspecified atom stereocenters. The molecule has 1 rings (SSSR count). The van der Waals surface area contributed by atoms with Gasteiger partial charge in [-0.25, -0.2) is 0 Å². The molecule has 0 aliphatic carbocycles. The summed E-state index contributed by atoms with van der Waals surface area (Å²) in [6.07, 6.45) is 0.487. The van der Waals surface area contributed by atoms with Gasteiger partial charge in [0, 0.05) is 17.9 Å². The number of anilines is 1. The van der Waals surface area contributed by atoms with Crippen molar-refractivity contribution in [2.45, 2.75) is 17.7 Å². The molecule has 1 aromatic carbocycles. The molecule has 0 saturated heterocycles. The number of rotatable bonds is 7. The summed E-state index contributed by atoms with van der Waals surface area (Å²) in [6.45, 7) is 0.369. The van der Waals surface area contributed by atoms with Crippen LogP contribution in [0, 0.1) is 0 Å². The zero-order chi connectivity index (χ0) is 14.3. The van der Waals surface area contributed by atoms with E-state index in [2.05, 4.69) is 5.32 Å². The number of aliphatic carboxylic acids is 1. The smallest absolute Gasteiger partial charge is 0.303 e. The summed E-state index contributed by atoms with van der Waals surface area (Å²) in [5.74, 6) is -0.740. The van der Waals surface area contributed by atoms with E-state index in [0.717, 1.165) is 4.90 Å². The SMILES string of the molecule is Nc1ccc(SCC(=O)NCCCC(=O)O)cc1Cl. The van der Waals surface area contributed by atoms with E-state index in [4.69, 9.17) is 22.4 Å². The molecule has 0 aromatic heterocycles. The van der Waals surface area contributed by atoms with Crippen molar-refractivity contribution < 1.29 is 14.7 Å². The molecule has 0 heterocycles. The van der Waals surface area contributed by atoms with Crippen LogP contribution < -0.4 is 11.1 Å². The molecule has 4 N–H and O–H groups in total. The van der Waals surface area contributed by atoms with Crippen LogP contribution >= 0.6 is 23.4 Å². The fourth-order valence-corrected chi connectivity index (χ4v) is 2.28. The molecule has 5 nitrogen and oxygen atoms in total. The highest BCUT2D eigenvalue weighted by Crippen LogP contribution is 2.26. The van der Waals surface area contributed by atoms with Crippen molar-refractivity contribution >= 4 is 40.9 Å². The Morgan fingerprint density at radius 3 is 2.79 bits per heavy atom. The van der Waals surface area contributed by atoms with Crippen molar-refractivity contribution in [3.8, 4) is 0 Å². The first-order valence-corrected chi connectivity index (χ1v) is 7.01. The molecule has 0 fully saturated rings. The number of halogens is 1. The predicted molar refractivity (Wildman–Crippen MR) is 76.5 cm³/mol. The maximum Gasteiger partial charge on any atom is 0.303 e. The predicted octanol–water partition coefficient (Wildman–Crippen LogP) is 2.00. The lowest BCUT2D eigenvalue weighted by Crippen LogP contribution is -2.26. The highest BCUT2D eigenvalue weighted by atomic mass is 35.5. The molecule has 0 aliphatic rings. The van der Waals surface area contributed by atoms with Gasteiger partial charge in [0.25, 0.3) is 0 Å². The number of benzene rings is 1. The third-order valence-corrected chi connectivity index (χ3v) is 3.55. The number of amides is 1. The van der Waals surface area contributed by atoms with Crippen molar-refractivity contribution in [3.05, 3.63) is 23.2 Å². The molecular formula is C12H15ClN2O3S. The summed E-state index contributed by atoms with van der Waals surface area (Å²) in [5.41, 5.74) is 6.09. The van der Waals surface area contributed by atoms with Gasteiger partial charge in [-0.3, -0.25) is 9.59 Å². The third kappa shape index (κ3) is 6.35. The second-order valence-electron chi connectivity index (χ2n) is 3.82. The molecule has 0 atom stereocenters. The number of carbonyl (C=O) groups excluding carboxylic acids is 1. The average Bonchev–Trinajstić information content (AvgIpc) is 2.36. The molecule has 0 spiro atoms. The number of nitrogen functional groups attached to an aromatic ring is 1. The summed E-state index contributed by atoms with van der Waals surface area (Å²) in [4.78, 5) is 22.6. The van der Waals surface area contributed by atoms with E-state index in [0.29, 0.717) is 23.7 Å². The van der Waals surface area contributed by atoms with E-state index < -0.39 is 5.97 Å². The minimum Gasteiger partial charge on any atom is -0.481 e. The fourth-order valence-electron chi connectivity index (χ4n) is 1.26. The third-order valence-electron chi connectivity index (χ3n) is 2.23. The molecule has 19 heavy (non-hydrogen) atoms. The molecule has 0 aliphatic heterocycles. The normalized spacial score (nSPS) is 10.2. The number of carboxylic acids is 1. The minimum atomic E-state index is -0.861. The van der Waals surface area contributed by atoms with Crippen LogP contribution in [0.4, 0.5) is 5.69 Å². The molecule has 0 saturated carbocycles. The van der Waals surface area contributed by atoms with Gasteiger partial charge in [-0.05, 0) is 24.6 Å². The highest BCUT2D eigenvalue weighted by molar-refractivity contribution is 8.00. The zero-order valence-corrected chi connectivity index (χ0v) is 11.8. The number of nitrogens with one attached hydrogen (secondary N) is 1. The van der Waals surface area contributed by atoms with Crippen LogP contribution in [0.1, 0.15) is 12.8 Å². The topological polar surface area (TPSA) is 92.4 Å². The summed E-state index contributed by atoms with van der Waals surface area (Å²) < 4.78 is 0. The largest absolute Gasteiger partial charge is 0.481 e. The molecular weight excluding hydrogens is 288 g/mol. The van der Waals surface area contributed by atoms with Gasteiger partial charge in [-0.1, -0.05) is 11.6 Å². The summed E-state index contributed by atoms with van der Waals surface area (Å²) >= 11 is 7.21. The summed E-state index contributed by atoms with van der Waals surface area (Å²) in [6, 6.07) is 5.19. The quantitative estimate of drug-likeness (QED) is 0.407. The standard InChI is InChI=1S/C12H15ClN2O3S/c13-9-6-8(3-4-10(9)14)19-7-11(16)15-5-1-2-12(17)18/h3-4,6H,1-2,5,7,14H2,(H,15,16)(H,17,18). The molecule has 1 aromatic rings. The van der Waals surface area contributed by atoms with Crippen molar-refractivity contribution in [1.82, 2.24) is 5.32 Å². The van der Waals surface area contributed by atoms with E-state index in [1.807, 2.05) is 0 Å². The molecule has 104 valence electrons. The van der Waals surface area contributed by atoms with Crippen molar-refractivity contribution in [3.63, 3.8) is 0 Å². The van der Waals surface area contributed by atoms with Gasteiger partial charge < -0.3 is 16.2 Å². The van der Waals surface area contributed by atoms with E-state index in [-0.39, 0.29) is 18.1 Å². The fraction of sp³-hybridized carbons (Fsp3) is 0.333. The first kappa shape index (κ1) is 15.7. The van der Waals surface area contributed by atoms with Gasteiger partial charge >= 0.3 is 5.97 Å². The maximum absolute atomic E-state index is 11.5. The minimum absolute atomic E-state index is 0.0565. The van der Waals surface area contributed by atoms with Gasteiger partial charge in [-0.15, -0.1) is 11.8 Å². The Bertz CT molecular complexity index is 468. The van der Waals surface area contributed by atoms with E-state index in [1.165, 1.54) is 11.8 Å². The van der Waals surface area contributed by atoms with Gasteiger partial charge in [0.05, 0.1) is 16.5 Å². The lowest BCUT2D eigenvalue weighted by Gasteiger charge is -2.05. The van der Waals surface area contributed by atoms with Gasteiger partial charge in [0.1, 0.15) is 0 Å². The number of thioether (sulfide) groups is 1. The lowest BCUT2D eigenvalue weighted by molar-refractivity contribution is -0.137. The number of carbonyl (C=O) groups is 2. The monoisotopic (exact) mass is 302 g/mol. The summed E-state index contributed by atoms with van der Waals surface area (Å²) in [7, 11) is 0. The number of nitrogens with two attached hydrogens (primary N) is 1. The van der Waals surface area contributed by atoms with Crippen LogP contribution in [0.2, 0.25) is 5.02 Å². The highest BCUT2D eigenvalue weighted by Gasteiger charge is 2.04. The lowest BCUT2D eigenvalue weighted by atomic mass is 10.3. The molecule has 0 bridgehead atoms. The maximum atomic E-state index is 11.5. The van der Waals surface area contributed by atoms with Gasteiger partial charge in [0.2, 0.25) is 5.91 Å². The number of hydrogen-bond donors (Lipinski definition) is 3. The first-order valence-electron chi connectivity index (χ1n) is 5.65.